The van der Waals surface area contributed by atoms with Gasteiger partial charge in [0.2, 0.25) is 5.66 Å². The van der Waals surface area contributed by atoms with Crippen LogP contribution in [0.5, 0.6) is 0 Å². The zero-order valence-corrected chi connectivity index (χ0v) is 17.2. The second kappa shape index (κ2) is 6.69. The van der Waals surface area contributed by atoms with Gasteiger partial charge < -0.3 is 0 Å². The molecule has 2 aliphatic heterocycles. The largest absolute Gasteiger partial charge is 0.268 e. The van der Waals surface area contributed by atoms with E-state index in [2.05, 4.69) is 48.4 Å². The van der Waals surface area contributed by atoms with E-state index in [0.717, 1.165) is 11.1 Å². The molecule has 0 fully saturated rings. The summed E-state index contributed by atoms with van der Waals surface area (Å²) in [6, 6.07) is 11.1. The van der Waals surface area contributed by atoms with Crippen LogP contribution in [0, 0.1) is 0 Å². The summed E-state index contributed by atoms with van der Waals surface area (Å²) in [5, 5.41) is 15.4. The number of amides is 2. The lowest BCUT2D eigenvalue weighted by atomic mass is 9.91. The van der Waals surface area contributed by atoms with Gasteiger partial charge in [0, 0.05) is 5.56 Å². The summed E-state index contributed by atoms with van der Waals surface area (Å²) >= 11 is 0. The van der Waals surface area contributed by atoms with E-state index in [0.29, 0.717) is 22.4 Å². The Morgan fingerprint density at radius 2 is 1.38 bits per heavy atom. The maximum Gasteiger partial charge on any atom is 0.266 e. The number of imide groups is 1. The van der Waals surface area contributed by atoms with E-state index < -0.39 is 5.66 Å². The minimum atomic E-state index is -1.10. The molecule has 0 aromatic heterocycles. The molecule has 0 atom stereocenters. The molecule has 0 spiro atoms. The van der Waals surface area contributed by atoms with Crippen LogP contribution in [0.3, 0.4) is 0 Å². The first-order valence-electron chi connectivity index (χ1n) is 9.75. The van der Waals surface area contributed by atoms with Crippen LogP contribution in [0.15, 0.2) is 57.1 Å². The van der Waals surface area contributed by atoms with Crippen molar-refractivity contribution in [1.82, 2.24) is 0 Å². The average Bonchev–Trinajstić information content (AvgIpc) is 3.24. The Hall–Kier alpha value is -3.22. The number of benzene rings is 2. The maximum atomic E-state index is 13.6. The number of carbonyl (C=O) groups is 2. The van der Waals surface area contributed by atoms with Crippen molar-refractivity contribution < 1.29 is 9.59 Å². The molecule has 2 aromatic carbocycles. The molecule has 2 amide bonds. The van der Waals surface area contributed by atoms with Gasteiger partial charge in [0.1, 0.15) is 0 Å². The molecular weight excluding hydrogens is 366 g/mol. The molecule has 0 unspecified atom stereocenters. The minimum Gasteiger partial charge on any atom is -0.268 e. The van der Waals surface area contributed by atoms with Gasteiger partial charge in [-0.05, 0) is 46.4 Å². The number of rotatable bonds is 4. The summed E-state index contributed by atoms with van der Waals surface area (Å²) in [6.45, 7) is 9.98. The van der Waals surface area contributed by atoms with Gasteiger partial charge in [0.05, 0.1) is 16.8 Å². The molecular formula is C22H23N5O2. The molecule has 0 radical (unpaired) electrons. The predicted molar refractivity (Wildman–Crippen MR) is 109 cm³/mol. The van der Waals surface area contributed by atoms with Crippen molar-refractivity contribution in [3.63, 3.8) is 0 Å². The normalized spacial score (nSPS) is 17.1. The number of fused-ring (bicyclic) bond motifs is 1. The highest BCUT2D eigenvalue weighted by Gasteiger charge is 2.45. The molecule has 0 saturated carbocycles. The van der Waals surface area contributed by atoms with Crippen molar-refractivity contribution in [3.8, 4) is 0 Å². The number of anilines is 1. The lowest BCUT2D eigenvalue weighted by molar-refractivity contribution is 0.0925. The van der Waals surface area contributed by atoms with Crippen LogP contribution in [0.1, 0.15) is 83.9 Å². The average molecular weight is 389 g/mol. The van der Waals surface area contributed by atoms with E-state index in [4.69, 9.17) is 0 Å². The molecule has 148 valence electrons. The Balaban J connectivity index is 1.94. The molecule has 7 nitrogen and oxygen atoms in total. The SMILES string of the molecule is CC(C)c1cccc(C(C)C)c1N1C(=O)c2cccc(C3(C)N=NN=N3)c2C1=O. The number of para-hydroxylation sites is 1. The molecule has 7 heteroatoms. The van der Waals surface area contributed by atoms with Crippen LogP contribution in [-0.2, 0) is 5.66 Å². The monoisotopic (exact) mass is 389 g/mol. The second-order valence-electron chi connectivity index (χ2n) is 8.17. The second-order valence-corrected chi connectivity index (χ2v) is 8.17. The highest BCUT2D eigenvalue weighted by Crippen LogP contribution is 2.43. The molecule has 2 heterocycles. The zero-order valence-electron chi connectivity index (χ0n) is 17.2. The Kier molecular flexibility index (Phi) is 4.41. The summed E-state index contributed by atoms with van der Waals surface area (Å²) in [5.74, 6) is -0.365. The fraction of sp³-hybridized carbons (Fsp3) is 0.364. The summed E-state index contributed by atoms with van der Waals surface area (Å²) in [6.07, 6.45) is 0. The fourth-order valence-corrected chi connectivity index (χ4v) is 4.00. The summed E-state index contributed by atoms with van der Waals surface area (Å²) in [4.78, 5) is 28.4. The quantitative estimate of drug-likeness (QED) is 0.624. The zero-order chi connectivity index (χ0) is 20.9. The van der Waals surface area contributed by atoms with Gasteiger partial charge in [-0.1, -0.05) is 58.0 Å². The van der Waals surface area contributed by atoms with E-state index in [1.54, 1.807) is 25.1 Å². The summed E-state index contributed by atoms with van der Waals surface area (Å²) in [7, 11) is 0. The lowest BCUT2D eigenvalue weighted by Gasteiger charge is -2.25. The molecule has 0 bridgehead atoms. The molecule has 2 aliphatic rings. The van der Waals surface area contributed by atoms with E-state index in [-0.39, 0.29) is 23.7 Å². The number of hydrogen-bond donors (Lipinski definition) is 0. The lowest BCUT2D eigenvalue weighted by Crippen LogP contribution is -2.32. The third-order valence-electron chi connectivity index (χ3n) is 5.51. The summed E-state index contributed by atoms with van der Waals surface area (Å²) in [5.41, 5.74) is 2.75. The fourth-order valence-electron chi connectivity index (χ4n) is 4.00. The van der Waals surface area contributed by atoms with Gasteiger partial charge in [-0.25, -0.2) is 4.90 Å². The van der Waals surface area contributed by atoms with Crippen LogP contribution >= 0.6 is 0 Å². The van der Waals surface area contributed by atoms with Crippen molar-refractivity contribution >= 4 is 17.5 Å². The van der Waals surface area contributed by atoms with Crippen molar-refractivity contribution in [2.24, 2.45) is 20.7 Å². The molecule has 29 heavy (non-hydrogen) atoms. The van der Waals surface area contributed by atoms with Gasteiger partial charge >= 0.3 is 0 Å². The van der Waals surface area contributed by atoms with Crippen molar-refractivity contribution in [2.75, 3.05) is 4.90 Å². The van der Waals surface area contributed by atoms with E-state index in [9.17, 15) is 9.59 Å². The first-order valence-corrected chi connectivity index (χ1v) is 9.75. The van der Waals surface area contributed by atoms with Gasteiger partial charge in [-0.15, -0.1) is 10.2 Å². The number of hydrogen-bond acceptors (Lipinski definition) is 6. The van der Waals surface area contributed by atoms with E-state index in [1.807, 2.05) is 18.2 Å². The van der Waals surface area contributed by atoms with E-state index >= 15 is 0 Å². The molecule has 0 N–H and O–H groups in total. The van der Waals surface area contributed by atoms with Crippen LogP contribution in [0.4, 0.5) is 5.69 Å². The Labute approximate surface area is 169 Å². The first kappa shape index (κ1) is 19.1. The van der Waals surface area contributed by atoms with Crippen LogP contribution in [0.25, 0.3) is 0 Å². The first-order chi connectivity index (χ1) is 13.8. The van der Waals surface area contributed by atoms with Crippen molar-refractivity contribution in [2.45, 2.75) is 52.1 Å². The topological polar surface area (TPSA) is 86.8 Å². The Bertz CT molecular complexity index is 1050. The smallest absolute Gasteiger partial charge is 0.266 e. The maximum absolute atomic E-state index is 13.6. The minimum absolute atomic E-state index is 0.155. The van der Waals surface area contributed by atoms with Crippen molar-refractivity contribution in [1.29, 1.82) is 0 Å². The van der Waals surface area contributed by atoms with Crippen molar-refractivity contribution in [3.05, 3.63) is 64.2 Å². The third kappa shape index (κ3) is 2.80. The highest BCUT2D eigenvalue weighted by molar-refractivity contribution is 6.35. The number of nitrogens with zero attached hydrogens (tertiary/aromatic N) is 5. The Morgan fingerprint density at radius 1 is 0.828 bits per heavy atom. The van der Waals surface area contributed by atoms with E-state index in [1.165, 1.54) is 4.90 Å². The van der Waals surface area contributed by atoms with Gasteiger partial charge in [0.25, 0.3) is 11.8 Å². The van der Waals surface area contributed by atoms with Gasteiger partial charge in [-0.3, -0.25) is 9.59 Å². The van der Waals surface area contributed by atoms with Gasteiger partial charge in [0.15, 0.2) is 0 Å². The summed E-state index contributed by atoms with van der Waals surface area (Å²) < 4.78 is 0. The Morgan fingerprint density at radius 3 is 1.93 bits per heavy atom. The van der Waals surface area contributed by atoms with Gasteiger partial charge in [-0.2, -0.15) is 0 Å². The third-order valence-corrected chi connectivity index (χ3v) is 5.51. The molecule has 0 aliphatic carbocycles. The predicted octanol–water partition coefficient (Wildman–Crippen LogP) is 5.74. The van der Waals surface area contributed by atoms with Crippen LogP contribution in [0.2, 0.25) is 0 Å². The molecule has 2 aromatic rings. The standard InChI is InChI=1S/C22H23N5O2/c1-12(2)14-8-6-9-15(13(3)4)19(14)27-20(28)16-10-7-11-17(18(16)21(27)29)22(5)23-25-26-24-22/h6-13H,1-5H3. The number of carbonyl (C=O) groups excluding carboxylic acids is 2. The molecule has 4 rings (SSSR count). The molecule has 0 saturated heterocycles. The van der Waals surface area contributed by atoms with Crippen LogP contribution < -0.4 is 4.90 Å². The van der Waals surface area contributed by atoms with Crippen LogP contribution in [-0.4, -0.2) is 11.8 Å². The highest BCUT2D eigenvalue weighted by atomic mass is 16.2.